The zero-order valence-corrected chi connectivity index (χ0v) is 21.9. The first-order chi connectivity index (χ1) is 17.8. The zero-order valence-electron chi connectivity index (χ0n) is 21.0. The quantitative estimate of drug-likeness (QED) is 0.465. The average molecular weight is 520 g/mol. The molecule has 1 aliphatic heterocycles. The van der Waals surface area contributed by atoms with Crippen LogP contribution < -0.4 is 10.2 Å². The molecule has 1 aliphatic rings. The van der Waals surface area contributed by atoms with Crippen LogP contribution in [-0.2, 0) is 21.2 Å². The summed E-state index contributed by atoms with van der Waals surface area (Å²) in [5.41, 5.74) is 2.31. The number of piperidine rings is 1. The van der Waals surface area contributed by atoms with Gasteiger partial charge in [0.1, 0.15) is 0 Å². The Morgan fingerprint density at radius 3 is 2.08 bits per heavy atom. The van der Waals surface area contributed by atoms with Crippen LogP contribution in [0.15, 0.2) is 89.8 Å². The standard InChI is InChI=1S/C29H33N3O4S/c1-37(35,36)27-14-12-25(13-15-27)29(34)32(26-10-6-3-7-11-26)21-20-31-18-16-24(17-19-31)28(33)30-22-23-8-4-2-5-9-23/h2-15,24H,16-22H2,1H3,(H,30,33). The summed E-state index contributed by atoms with van der Waals surface area (Å²) in [5, 5.41) is 3.05. The van der Waals surface area contributed by atoms with Crippen LogP contribution in [0.2, 0.25) is 0 Å². The molecule has 0 aliphatic carbocycles. The van der Waals surface area contributed by atoms with E-state index in [0.29, 0.717) is 25.2 Å². The Morgan fingerprint density at radius 2 is 1.49 bits per heavy atom. The molecule has 1 N–H and O–H groups in total. The fourth-order valence-electron chi connectivity index (χ4n) is 4.55. The van der Waals surface area contributed by atoms with Gasteiger partial charge in [-0.25, -0.2) is 8.42 Å². The van der Waals surface area contributed by atoms with Crippen molar-refractivity contribution in [3.8, 4) is 0 Å². The third-order valence-electron chi connectivity index (χ3n) is 6.75. The molecule has 2 amide bonds. The minimum Gasteiger partial charge on any atom is -0.352 e. The molecule has 3 aromatic rings. The number of sulfone groups is 1. The first-order valence-electron chi connectivity index (χ1n) is 12.5. The lowest BCUT2D eigenvalue weighted by molar-refractivity contribution is -0.126. The van der Waals surface area contributed by atoms with Crippen molar-refractivity contribution in [3.63, 3.8) is 0 Å². The minimum atomic E-state index is -3.33. The number of benzene rings is 3. The van der Waals surface area contributed by atoms with Gasteiger partial charge in [0.05, 0.1) is 4.90 Å². The van der Waals surface area contributed by atoms with Gasteiger partial charge in [-0.2, -0.15) is 0 Å². The van der Waals surface area contributed by atoms with Crippen LogP contribution in [0.3, 0.4) is 0 Å². The number of amides is 2. The van der Waals surface area contributed by atoms with Crippen LogP contribution >= 0.6 is 0 Å². The number of nitrogens with zero attached hydrogens (tertiary/aromatic N) is 2. The van der Waals surface area contributed by atoms with Crippen molar-refractivity contribution >= 4 is 27.3 Å². The molecule has 4 rings (SSSR count). The molecule has 0 spiro atoms. The summed E-state index contributed by atoms with van der Waals surface area (Å²) in [5.74, 6) is -0.0799. The first-order valence-corrected chi connectivity index (χ1v) is 14.4. The Labute approximate surface area is 219 Å². The second-order valence-electron chi connectivity index (χ2n) is 9.41. The Kier molecular flexibility index (Phi) is 8.74. The van der Waals surface area contributed by atoms with E-state index in [1.165, 1.54) is 12.1 Å². The van der Waals surface area contributed by atoms with Crippen LogP contribution in [0.25, 0.3) is 0 Å². The topological polar surface area (TPSA) is 86.8 Å². The van der Waals surface area contributed by atoms with E-state index in [4.69, 9.17) is 0 Å². The number of nitrogens with one attached hydrogen (secondary N) is 1. The molecule has 0 radical (unpaired) electrons. The highest BCUT2D eigenvalue weighted by Crippen LogP contribution is 2.21. The molecule has 0 atom stereocenters. The van der Waals surface area contributed by atoms with E-state index in [-0.39, 0.29) is 22.6 Å². The third kappa shape index (κ3) is 7.27. The maximum atomic E-state index is 13.4. The van der Waals surface area contributed by atoms with Crippen LogP contribution in [-0.4, -0.2) is 57.6 Å². The van der Waals surface area contributed by atoms with Gasteiger partial charge in [0.15, 0.2) is 9.84 Å². The fraction of sp³-hybridized carbons (Fsp3) is 0.310. The second-order valence-corrected chi connectivity index (χ2v) is 11.4. The number of hydrogen-bond acceptors (Lipinski definition) is 5. The number of rotatable bonds is 9. The van der Waals surface area contributed by atoms with Crippen molar-refractivity contribution in [2.75, 3.05) is 37.3 Å². The van der Waals surface area contributed by atoms with E-state index in [0.717, 1.165) is 43.4 Å². The van der Waals surface area contributed by atoms with Gasteiger partial charge in [0.2, 0.25) is 5.91 Å². The van der Waals surface area contributed by atoms with Crippen LogP contribution in [0.4, 0.5) is 5.69 Å². The second kappa shape index (κ2) is 12.2. The lowest BCUT2D eigenvalue weighted by atomic mass is 9.96. The molecule has 0 unspecified atom stereocenters. The van der Waals surface area contributed by atoms with E-state index in [2.05, 4.69) is 10.2 Å². The number of carbonyl (C=O) groups is 2. The zero-order chi connectivity index (χ0) is 26.3. The Morgan fingerprint density at radius 1 is 0.892 bits per heavy atom. The van der Waals surface area contributed by atoms with Gasteiger partial charge in [-0.3, -0.25) is 9.59 Å². The summed E-state index contributed by atoms with van der Waals surface area (Å²) in [6, 6.07) is 25.4. The highest BCUT2D eigenvalue weighted by atomic mass is 32.2. The van der Waals surface area contributed by atoms with Gasteiger partial charge in [0, 0.05) is 43.1 Å². The maximum absolute atomic E-state index is 13.4. The summed E-state index contributed by atoms with van der Waals surface area (Å²) >= 11 is 0. The Balaban J connectivity index is 1.34. The molecule has 0 aromatic heterocycles. The van der Waals surface area contributed by atoms with Gasteiger partial charge in [0.25, 0.3) is 5.91 Å². The molecule has 1 heterocycles. The van der Waals surface area contributed by atoms with Crippen LogP contribution in [0, 0.1) is 5.92 Å². The smallest absolute Gasteiger partial charge is 0.258 e. The Hall–Kier alpha value is -3.49. The van der Waals surface area contributed by atoms with Crippen molar-refractivity contribution in [3.05, 3.63) is 96.1 Å². The number of para-hydroxylation sites is 1. The predicted molar refractivity (Wildman–Crippen MR) is 145 cm³/mol. The molecule has 3 aromatic carbocycles. The van der Waals surface area contributed by atoms with Crippen LogP contribution in [0.1, 0.15) is 28.8 Å². The summed E-state index contributed by atoms with van der Waals surface area (Å²) < 4.78 is 23.6. The van der Waals surface area contributed by atoms with Gasteiger partial charge >= 0.3 is 0 Å². The van der Waals surface area contributed by atoms with Crippen molar-refractivity contribution < 1.29 is 18.0 Å². The van der Waals surface area contributed by atoms with E-state index < -0.39 is 9.84 Å². The lowest BCUT2D eigenvalue weighted by Gasteiger charge is -2.33. The maximum Gasteiger partial charge on any atom is 0.258 e. The minimum absolute atomic E-state index is 0.000166. The number of hydrogen-bond donors (Lipinski definition) is 1. The molecule has 8 heteroatoms. The highest BCUT2D eigenvalue weighted by molar-refractivity contribution is 7.90. The first kappa shape index (κ1) is 26.6. The third-order valence-corrected chi connectivity index (χ3v) is 7.88. The summed E-state index contributed by atoms with van der Waals surface area (Å²) in [4.78, 5) is 30.3. The summed E-state index contributed by atoms with van der Waals surface area (Å²) in [7, 11) is -3.33. The number of carbonyl (C=O) groups excluding carboxylic acids is 2. The normalized spacial score (nSPS) is 14.7. The van der Waals surface area contributed by atoms with Crippen LogP contribution in [0.5, 0.6) is 0 Å². The van der Waals surface area contributed by atoms with Gasteiger partial charge < -0.3 is 15.1 Å². The molecule has 7 nitrogen and oxygen atoms in total. The molecule has 1 saturated heterocycles. The largest absolute Gasteiger partial charge is 0.352 e. The van der Waals surface area contributed by atoms with E-state index in [1.54, 1.807) is 17.0 Å². The summed E-state index contributed by atoms with van der Waals surface area (Å²) in [6.07, 6.45) is 2.72. The summed E-state index contributed by atoms with van der Waals surface area (Å²) in [6.45, 7) is 3.30. The van der Waals surface area contributed by atoms with E-state index >= 15 is 0 Å². The van der Waals surface area contributed by atoms with Crippen molar-refractivity contribution in [1.82, 2.24) is 10.2 Å². The van der Waals surface area contributed by atoms with Crippen molar-refractivity contribution in [2.45, 2.75) is 24.3 Å². The predicted octanol–water partition coefficient (Wildman–Crippen LogP) is 3.77. The number of anilines is 1. The van der Waals surface area contributed by atoms with Gasteiger partial charge in [-0.15, -0.1) is 0 Å². The molecular formula is C29H33N3O4S. The molecule has 194 valence electrons. The van der Waals surface area contributed by atoms with E-state index in [1.807, 2.05) is 60.7 Å². The van der Waals surface area contributed by atoms with E-state index in [9.17, 15) is 18.0 Å². The SMILES string of the molecule is CS(=O)(=O)c1ccc(C(=O)N(CCN2CCC(C(=O)NCc3ccccc3)CC2)c2ccccc2)cc1. The lowest BCUT2D eigenvalue weighted by Crippen LogP contribution is -2.44. The van der Waals surface area contributed by atoms with Crippen molar-refractivity contribution in [2.24, 2.45) is 5.92 Å². The van der Waals surface area contributed by atoms with Gasteiger partial charge in [-0.05, 0) is 67.9 Å². The Bertz CT molecular complexity index is 1290. The monoisotopic (exact) mass is 519 g/mol. The van der Waals surface area contributed by atoms with Crippen molar-refractivity contribution in [1.29, 1.82) is 0 Å². The fourth-order valence-corrected chi connectivity index (χ4v) is 5.18. The molecule has 37 heavy (non-hydrogen) atoms. The van der Waals surface area contributed by atoms with Gasteiger partial charge in [-0.1, -0.05) is 48.5 Å². The molecule has 0 bridgehead atoms. The highest BCUT2D eigenvalue weighted by Gasteiger charge is 2.26. The molecule has 1 fully saturated rings. The molecular weight excluding hydrogens is 486 g/mol. The molecule has 0 saturated carbocycles. The average Bonchev–Trinajstić information content (AvgIpc) is 2.93. The number of likely N-dealkylation sites (tertiary alicyclic amines) is 1.